The van der Waals surface area contributed by atoms with Gasteiger partial charge in [0.25, 0.3) is 5.19 Å². The largest absolute Gasteiger partial charge is 0.428 e. The van der Waals surface area contributed by atoms with E-state index in [4.69, 9.17) is 4.74 Å². The molecule has 2 aromatic rings. The molecule has 0 aliphatic rings. The summed E-state index contributed by atoms with van der Waals surface area (Å²) >= 11 is 1.45. The van der Waals surface area contributed by atoms with Crippen LogP contribution < -0.4 is 10.1 Å². The first kappa shape index (κ1) is 13.9. The number of nitrogens with zero attached hydrogens (tertiary/aromatic N) is 3. The highest BCUT2D eigenvalue weighted by molar-refractivity contribution is 7.13. The number of hydrogen-bond acceptors (Lipinski definition) is 6. The van der Waals surface area contributed by atoms with Crippen LogP contribution in [-0.2, 0) is 6.54 Å². The van der Waals surface area contributed by atoms with Gasteiger partial charge in [0.2, 0.25) is 0 Å². The first-order chi connectivity index (χ1) is 9.15. The van der Waals surface area contributed by atoms with Crippen molar-refractivity contribution in [3.05, 3.63) is 29.0 Å². The minimum absolute atomic E-state index is 0.553. The smallest absolute Gasteiger partial charge is 0.299 e. The Morgan fingerprint density at radius 1 is 1.37 bits per heavy atom. The zero-order chi connectivity index (χ0) is 13.7. The van der Waals surface area contributed by atoms with E-state index in [0.717, 1.165) is 29.5 Å². The average molecular weight is 278 g/mol. The third-order valence-corrected chi connectivity index (χ3v) is 3.23. The molecule has 0 amide bonds. The molecule has 0 aliphatic carbocycles. The number of hydrogen-bond donors (Lipinski definition) is 1. The van der Waals surface area contributed by atoms with Crippen molar-refractivity contribution in [3.63, 3.8) is 0 Å². The Balaban J connectivity index is 1.92. The summed E-state index contributed by atoms with van der Waals surface area (Å²) in [6.45, 7) is 7.95. The van der Waals surface area contributed by atoms with Crippen LogP contribution in [0.1, 0.15) is 24.5 Å². The van der Waals surface area contributed by atoms with Gasteiger partial charge in [-0.3, -0.25) is 4.98 Å². The van der Waals surface area contributed by atoms with Crippen LogP contribution in [0.25, 0.3) is 0 Å². The Hall–Kier alpha value is -1.53. The van der Waals surface area contributed by atoms with Crippen molar-refractivity contribution in [3.8, 4) is 10.9 Å². The average Bonchev–Trinajstić information content (AvgIpc) is 2.79. The zero-order valence-electron chi connectivity index (χ0n) is 11.4. The number of pyridine rings is 1. The summed E-state index contributed by atoms with van der Waals surface area (Å²) in [6, 6.07) is 3.72. The maximum atomic E-state index is 5.67. The second-order valence-corrected chi connectivity index (χ2v) is 5.70. The van der Waals surface area contributed by atoms with Gasteiger partial charge in [-0.05, 0) is 31.5 Å². The maximum Gasteiger partial charge on any atom is 0.299 e. The predicted molar refractivity (Wildman–Crippen MR) is 75.5 cm³/mol. The minimum Gasteiger partial charge on any atom is -0.428 e. The highest BCUT2D eigenvalue weighted by Crippen LogP contribution is 2.26. The normalized spacial score (nSPS) is 10.9. The van der Waals surface area contributed by atoms with E-state index >= 15 is 0 Å². The van der Waals surface area contributed by atoms with Crippen molar-refractivity contribution in [1.82, 2.24) is 20.5 Å². The van der Waals surface area contributed by atoms with Gasteiger partial charge in [-0.25, -0.2) is 0 Å². The summed E-state index contributed by atoms with van der Waals surface area (Å²) in [7, 11) is 0. The highest BCUT2D eigenvalue weighted by atomic mass is 32.1. The lowest BCUT2D eigenvalue weighted by Crippen LogP contribution is -2.18. The van der Waals surface area contributed by atoms with Crippen molar-refractivity contribution in [2.45, 2.75) is 27.3 Å². The van der Waals surface area contributed by atoms with E-state index in [2.05, 4.69) is 34.3 Å². The quantitative estimate of drug-likeness (QED) is 0.880. The van der Waals surface area contributed by atoms with Crippen LogP contribution in [0.15, 0.2) is 18.3 Å². The molecule has 5 nitrogen and oxygen atoms in total. The fourth-order valence-electron chi connectivity index (χ4n) is 1.49. The fraction of sp³-hybridized carbons (Fsp3) is 0.462. The number of aryl methyl sites for hydroxylation is 1. The Bertz CT molecular complexity index is 527. The second-order valence-electron chi connectivity index (χ2n) is 4.68. The van der Waals surface area contributed by atoms with E-state index in [1.54, 1.807) is 6.20 Å². The Labute approximate surface area is 117 Å². The van der Waals surface area contributed by atoms with E-state index in [1.807, 2.05) is 19.1 Å². The van der Waals surface area contributed by atoms with Crippen LogP contribution in [-0.4, -0.2) is 21.7 Å². The Morgan fingerprint density at radius 3 is 2.95 bits per heavy atom. The van der Waals surface area contributed by atoms with Gasteiger partial charge in [0.05, 0.1) is 5.69 Å². The molecule has 1 N–H and O–H groups in total. The van der Waals surface area contributed by atoms with Gasteiger partial charge in [-0.15, -0.1) is 5.10 Å². The number of ether oxygens (including phenoxy) is 1. The third-order valence-electron chi connectivity index (χ3n) is 2.43. The number of nitrogens with one attached hydrogen (secondary N) is 1. The second kappa shape index (κ2) is 6.58. The van der Waals surface area contributed by atoms with Crippen molar-refractivity contribution in [2.75, 3.05) is 6.54 Å². The molecule has 0 spiro atoms. The molecule has 102 valence electrons. The van der Waals surface area contributed by atoms with Gasteiger partial charge in [0.1, 0.15) is 5.01 Å². The molecule has 19 heavy (non-hydrogen) atoms. The van der Waals surface area contributed by atoms with Crippen molar-refractivity contribution in [1.29, 1.82) is 0 Å². The summed E-state index contributed by atoms with van der Waals surface area (Å²) in [4.78, 5) is 4.17. The summed E-state index contributed by atoms with van der Waals surface area (Å²) in [5, 5.41) is 12.9. The third kappa shape index (κ3) is 4.25. The molecule has 0 aliphatic heterocycles. The fourth-order valence-corrected chi connectivity index (χ4v) is 2.16. The summed E-state index contributed by atoms with van der Waals surface area (Å²) in [5.74, 6) is 1.35. The van der Waals surface area contributed by atoms with E-state index < -0.39 is 0 Å². The molecule has 0 aromatic carbocycles. The molecule has 6 heteroatoms. The van der Waals surface area contributed by atoms with Crippen LogP contribution in [0.4, 0.5) is 0 Å². The van der Waals surface area contributed by atoms with Gasteiger partial charge in [-0.2, -0.15) is 0 Å². The lowest BCUT2D eigenvalue weighted by Gasteiger charge is -2.04. The highest BCUT2D eigenvalue weighted by Gasteiger charge is 2.08. The maximum absolute atomic E-state index is 5.67. The van der Waals surface area contributed by atoms with E-state index in [0.29, 0.717) is 11.1 Å². The molecule has 0 unspecified atom stereocenters. The molecule has 0 bridgehead atoms. The van der Waals surface area contributed by atoms with Gasteiger partial charge in [0.15, 0.2) is 5.75 Å². The van der Waals surface area contributed by atoms with Crippen molar-refractivity contribution >= 4 is 11.3 Å². The summed E-state index contributed by atoms with van der Waals surface area (Å²) in [5.41, 5.74) is 0.845. The molecular formula is C13H18N4OS. The van der Waals surface area contributed by atoms with Gasteiger partial charge in [-0.1, -0.05) is 30.3 Å². The first-order valence-corrected chi connectivity index (χ1v) is 7.09. The molecular weight excluding hydrogens is 260 g/mol. The van der Waals surface area contributed by atoms with Gasteiger partial charge >= 0.3 is 0 Å². The predicted octanol–water partition coefficient (Wildman–Crippen LogP) is 2.78. The van der Waals surface area contributed by atoms with Crippen LogP contribution in [0, 0.1) is 12.8 Å². The molecule has 2 aromatic heterocycles. The van der Waals surface area contributed by atoms with E-state index in [-0.39, 0.29) is 0 Å². The van der Waals surface area contributed by atoms with Crippen LogP contribution in [0.2, 0.25) is 0 Å². The monoisotopic (exact) mass is 278 g/mol. The molecule has 0 saturated heterocycles. The van der Waals surface area contributed by atoms with Crippen molar-refractivity contribution in [2.24, 2.45) is 5.92 Å². The first-order valence-electron chi connectivity index (χ1n) is 6.27. The van der Waals surface area contributed by atoms with Gasteiger partial charge < -0.3 is 10.1 Å². The Kier molecular flexibility index (Phi) is 4.81. The van der Waals surface area contributed by atoms with Crippen LogP contribution >= 0.6 is 11.3 Å². The number of aromatic nitrogens is 3. The SMILES string of the molecule is Cc1ncccc1Oc1nnc(CNCC(C)C)s1. The Morgan fingerprint density at radius 2 is 2.21 bits per heavy atom. The van der Waals surface area contributed by atoms with Crippen molar-refractivity contribution < 1.29 is 4.74 Å². The topological polar surface area (TPSA) is 59.9 Å². The van der Waals surface area contributed by atoms with E-state index in [1.165, 1.54) is 11.3 Å². The molecule has 0 radical (unpaired) electrons. The van der Waals surface area contributed by atoms with Crippen LogP contribution in [0.3, 0.4) is 0 Å². The lowest BCUT2D eigenvalue weighted by molar-refractivity contribution is 0.466. The summed E-state index contributed by atoms with van der Waals surface area (Å²) < 4.78 is 5.67. The van der Waals surface area contributed by atoms with Crippen LogP contribution in [0.5, 0.6) is 10.9 Å². The summed E-state index contributed by atoms with van der Waals surface area (Å²) in [6.07, 6.45) is 1.74. The molecule has 0 fully saturated rings. The minimum atomic E-state index is 0.553. The number of rotatable bonds is 6. The lowest BCUT2D eigenvalue weighted by atomic mass is 10.2. The van der Waals surface area contributed by atoms with Gasteiger partial charge in [0, 0.05) is 12.7 Å². The standard InChI is InChI=1S/C13H18N4OS/c1-9(2)7-14-8-12-16-17-13(19-12)18-11-5-4-6-15-10(11)3/h4-6,9,14H,7-8H2,1-3H3. The molecule has 2 heterocycles. The molecule has 0 saturated carbocycles. The molecule has 2 rings (SSSR count). The molecule has 0 atom stereocenters. The van der Waals surface area contributed by atoms with E-state index in [9.17, 15) is 0 Å². The zero-order valence-corrected chi connectivity index (χ0v) is 12.2.